The molecule has 0 radical (unpaired) electrons. The van der Waals surface area contributed by atoms with Gasteiger partial charge in [0.2, 0.25) is 0 Å². The highest BCUT2D eigenvalue weighted by molar-refractivity contribution is 6.31. The van der Waals surface area contributed by atoms with Crippen molar-refractivity contribution in [3.8, 4) is 0 Å². The minimum atomic E-state index is -0.0448. The second kappa shape index (κ2) is 8.71. The topological polar surface area (TPSA) is 44.7 Å². The Morgan fingerprint density at radius 3 is 3.00 bits per heavy atom. The molecule has 1 fully saturated rings. The summed E-state index contributed by atoms with van der Waals surface area (Å²) < 4.78 is 5.49. The quantitative estimate of drug-likeness (QED) is 0.809. The Balaban J connectivity index is 1.92. The van der Waals surface area contributed by atoms with Crippen molar-refractivity contribution in [1.82, 2.24) is 10.2 Å². The Bertz CT molecular complexity index is 430. The lowest BCUT2D eigenvalue weighted by atomic mass is 10.0. The molecule has 4 nitrogen and oxygen atoms in total. The van der Waals surface area contributed by atoms with E-state index in [-0.39, 0.29) is 18.8 Å². The number of morpholine rings is 1. The van der Waals surface area contributed by atoms with E-state index in [1.165, 1.54) is 0 Å². The highest BCUT2D eigenvalue weighted by atomic mass is 35.5. The molecule has 0 bridgehead atoms. The van der Waals surface area contributed by atoms with Gasteiger partial charge in [0.15, 0.2) is 0 Å². The first-order valence-corrected chi connectivity index (χ1v) is 8.05. The van der Waals surface area contributed by atoms with E-state index in [4.69, 9.17) is 16.3 Å². The second-order valence-corrected chi connectivity index (χ2v) is 5.80. The van der Waals surface area contributed by atoms with Crippen molar-refractivity contribution in [2.24, 2.45) is 0 Å². The Hall–Kier alpha value is -0.650. The highest BCUT2D eigenvalue weighted by Gasteiger charge is 2.21. The molecule has 2 rings (SSSR count). The summed E-state index contributed by atoms with van der Waals surface area (Å²) >= 11 is 6.32. The maximum absolute atomic E-state index is 9.20. The molecule has 0 spiro atoms. The average Bonchev–Trinajstić information content (AvgIpc) is 2.52. The molecule has 1 aliphatic rings. The number of aliphatic hydroxyl groups excluding tert-OH is 1. The van der Waals surface area contributed by atoms with E-state index in [1.807, 2.05) is 18.2 Å². The molecule has 2 atom stereocenters. The van der Waals surface area contributed by atoms with E-state index in [2.05, 4.69) is 23.2 Å². The lowest BCUT2D eigenvalue weighted by Gasteiger charge is -2.33. The number of halogens is 1. The van der Waals surface area contributed by atoms with Gasteiger partial charge in [0, 0.05) is 30.7 Å². The predicted molar refractivity (Wildman–Crippen MR) is 85.8 cm³/mol. The molecular weight excluding hydrogens is 288 g/mol. The summed E-state index contributed by atoms with van der Waals surface area (Å²) in [6.07, 6.45) is 0.951. The SMILES string of the molecule is CCNC(CCN1CCOC(CO)C1)c1ccccc1Cl. The fourth-order valence-corrected chi connectivity index (χ4v) is 3.04. The average molecular weight is 313 g/mol. The monoisotopic (exact) mass is 312 g/mol. The van der Waals surface area contributed by atoms with E-state index in [0.29, 0.717) is 6.61 Å². The van der Waals surface area contributed by atoms with Crippen molar-refractivity contribution < 1.29 is 9.84 Å². The van der Waals surface area contributed by atoms with E-state index in [0.717, 1.165) is 43.2 Å². The zero-order chi connectivity index (χ0) is 15.1. The molecule has 2 unspecified atom stereocenters. The molecular formula is C16H25ClN2O2. The second-order valence-electron chi connectivity index (χ2n) is 5.40. The largest absolute Gasteiger partial charge is 0.394 e. The van der Waals surface area contributed by atoms with Crippen LogP contribution in [0.5, 0.6) is 0 Å². The number of hydrogen-bond donors (Lipinski definition) is 2. The summed E-state index contributed by atoms with van der Waals surface area (Å²) in [5.41, 5.74) is 1.16. The van der Waals surface area contributed by atoms with Crippen LogP contribution < -0.4 is 5.32 Å². The van der Waals surface area contributed by atoms with Gasteiger partial charge in [-0.3, -0.25) is 4.90 Å². The van der Waals surface area contributed by atoms with Gasteiger partial charge >= 0.3 is 0 Å². The summed E-state index contributed by atoms with van der Waals surface area (Å²) in [4.78, 5) is 2.35. The van der Waals surface area contributed by atoms with Crippen LogP contribution in [0.4, 0.5) is 0 Å². The minimum Gasteiger partial charge on any atom is -0.394 e. The van der Waals surface area contributed by atoms with Crippen LogP contribution in [0.15, 0.2) is 24.3 Å². The lowest BCUT2D eigenvalue weighted by Crippen LogP contribution is -2.44. The third-order valence-corrected chi connectivity index (χ3v) is 4.24. The number of nitrogens with one attached hydrogen (secondary N) is 1. The number of aliphatic hydroxyl groups is 1. The first-order chi connectivity index (χ1) is 10.2. The maximum Gasteiger partial charge on any atom is 0.0932 e. The van der Waals surface area contributed by atoms with Crippen molar-refractivity contribution in [2.45, 2.75) is 25.5 Å². The van der Waals surface area contributed by atoms with Gasteiger partial charge < -0.3 is 15.2 Å². The van der Waals surface area contributed by atoms with Crippen LogP contribution in [0.2, 0.25) is 5.02 Å². The molecule has 2 N–H and O–H groups in total. The molecule has 0 amide bonds. The van der Waals surface area contributed by atoms with Crippen LogP contribution in [0.3, 0.4) is 0 Å². The molecule has 1 aromatic carbocycles. The van der Waals surface area contributed by atoms with Crippen LogP contribution >= 0.6 is 11.6 Å². The third-order valence-electron chi connectivity index (χ3n) is 3.89. The van der Waals surface area contributed by atoms with Gasteiger partial charge in [0.05, 0.1) is 19.3 Å². The molecule has 1 aromatic rings. The molecule has 1 heterocycles. The third kappa shape index (κ3) is 4.94. The normalized spacial score (nSPS) is 21.4. The maximum atomic E-state index is 9.20. The first-order valence-electron chi connectivity index (χ1n) is 7.67. The minimum absolute atomic E-state index is 0.0448. The molecule has 0 aliphatic carbocycles. The summed E-state index contributed by atoms with van der Waals surface area (Å²) in [5, 5.41) is 13.5. The van der Waals surface area contributed by atoms with Gasteiger partial charge in [0.25, 0.3) is 0 Å². The predicted octanol–water partition coefficient (Wildman–Crippen LogP) is 2.07. The van der Waals surface area contributed by atoms with Crippen molar-refractivity contribution in [1.29, 1.82) is 0 Å². The van der Waals surface area contributed by atoms with Gasteiger partial charge in [0.1, 0.15) is 0 Å². The van der Waals surface area contributed by atoms with Crippen molar-refractivity contribution >= 4 is 11.6 Å². The number of ether oxygens (including phenoxy) is 1. The molecule has 5 heteroatoms. The van der Waals surface area contributed by atoms with Crippen LogP contribution in [0.25, 0.3) is 0 Å². The zero-order valence-electron chi connectivity index (χ0n) is 12.6. The Morgan fingerprint density at radius 2 is 2.29 bits per heavy atom. The summed E-state index contributed by atoms with van der Waals surface area (Å²) in [7, 11) is 0. The molecule has 0 aromatic heterocycles. The molecule has 21 heavy (non-hydrogen) atoms. The fraction of sp³-hybridized carbons (Fsp3) is 0.625. The highest BCUT2D eigenvalue weighted by Crippen LogP contribution is 2.25. The van der Waals surface area contributed by atoms with Crippen LogP contribution in [-0.2, 0) is 4.74 Å². The number of nitrogens with zero attached hydrogens (tertiary/aromatic N) is 1. The summed E-state index contributed by atoms with van der Waals surface area (Å²) in [5.74, 6) is 0. The van der Waals surface area contributed by atoms with E-state index >= 15 is 0 Å². The lowest BCUT2D eigenvalue weighted by molar-refractivity contribution is -0.0533. The smallest absolute Gasteiger partial charge is 0.0932 e. The van der Waals surface area contributed by atoms with Gasteiger partial charge in [-0.05, 0) is 24.6 Å². The van der Waals surface area contributed by atoms with E-state index in [9.17, 15) is 5.11 Å². The number of benzene rings is 1. The Morgan fingerprint density at radius 1 is 1.48 bits per heavy atom. The van der Waals surface area contributed by atoms with E-state index in [1.54, 1.807) is 0 Å². The van der Waals surface area contributed by atoms with Gasteiger partial charge in [-0.15, -0.1) is 0 Å². The van der Waals surface area contributed by atoms with Crippen molar-refractivity contribution in [3.63, 3.8) is 0 Å². The fourth-order valence-electron chi connectivity index (χ4n) is 2.78. The van der Waals surface area contributed by atoms with Crippen LogP contribution in [0, 0.1) is 0 Å². The number of rotatable bonds is 7. The molecule has 0 saturated carbocycles. The van der Waals surface area contributed by atoms with Crippen LogP contribution in [-0.4, -0.2) is 55.5 Å². The van der Waals surface area contributed by atoms with Crippen LogP contribution in [0.1, 0.15) is 24.9 Å². The van der Waals surface area contributed by atoms with Crippen molar-refractivity contribution in [2.75, 3.05) is 39.4 Å². The Labute approximate surface area is 132 Å². The number of hydrogen-bond acceptors (Lipinski definition) is 4. The van der Waals surface area contributed by atoms with E-state index < -0.39 is 0 Å². The Kier molecular flexibility index (Phi) is 6.93. The van der Waals surface area contributed by atoms with Gasteiger partial charge in [-0.1, -0.05) is 36.7 Å². The van der Waals surface area contributed by atoms with Crippen molar-refractivity contribution in [3.05, 3.63) is 34.9 Å². The summed E-state index contributed by atoms with van der Waals surface area (Å²) in [6.45, 7) is 6.53. The van der Waals surface area contributed by atoms with Gasteiger partial charge in [-0.25, -0.2) is 0 Å². The van der Waals surface area contributed by atoms with Gasteiger partial charge in [-0.2, -0.15) is 0 Å². The molecule has 1 saturated heterocycles. The first kappa shape index (κ1) is 16.7. The summed E-state index contributed by atoms with van der Waals surface area (Å²) in [6, 6.07) is 8.28. The molecule has 1 aliphatic heterocycles. The molecule has 118 valence electrons. The zero-order valence-corrected chi connectivity index (χ0v) is 13.4. The standard InChI is InChI=1S/C16H25ClN2O2/c1-2-18-16(14-5-3-4-6-15(14)17)7-8-19-9-10-21-13(11-19)12-20/h3-6,13,16,18,20H,2,7-12H2,1H3.